The van der Waals surface area contributed by atoms with E-state index >= 15 is 0 Å². The molecular weight excluding hydrogens is 278 g/mol. The summed E-state index contributed by atoms with van der Waals surface area (Å²) >= 11 is 0. The summed E-state index contributed by atoms with van der Waals surface area (Å²) in [6.07, 6.45) is 0. The van der Waals surface area contributed by atoms with Gasteiger partial charge in [-0.1, -0.05) is 18.2 Å². The first-order valence-electron chi connectivity index (χ1n) is 6.89. The van der Waals surface area contributed by atoms with Crippen LogP contribution in [0.15, 0.2) is 65.5 Å². The van der Waals surface area contributed by atoms with Crippen LogP contribution in [0.2, 0.25) is 0 Å². The molecule has 1 aromatic heterocycles. The number of carbonyl (C=O) groups excluding carboxylic acids is 1. The number of nitrogens with one attached hydrogen (secondary N) is 2. The van der Waals surface area contributed by atoms with Gasteiger partial charge in [0.05, 0.1) is 5.69 Å². The van der Waals surface area contributed by atoms with Crippen LogP contribution in [0, 0.1) is 6.92 Å². The van der Waals surface area contributed by atoms with Crippen LogP contribution in [0.3, 0.4) is 0 Å². The Labute approximate surface area is 127 Å². The van der Waals surface area contributed by atoms with Gasteiger partial charge in [-0.15, -0.1) is 0 Å². The van der Waals surface area contributed by atoms with E-state index < -0.39 is 0 Å². The van der Waals surface area contributed by atoms with Gasteiger partial charge in [0.2, 0.25) is 0 Å². The minimum atomic E-state index is -0.166. The third kappa shape index (κ3) is 2.83. The van der Waals surface area contributed by atoms with Crippen molar-refractivity contribution in [2.24, 2.45) is 0 Å². The monoisotopic (exact) mass is 293 g/mol. The quantitative estimate of drug-likeness (QED) is 0.779. The van der Waals surface area contributed by atoms with Crippen molar-refractivity contribution in [2.75, 3.05) is 5.32 Å². The maximum Gasteiger partial charge on any atom is 0.271 e. The van der Waals surface area contributed by atoms with E-state index in [9.17, 15) is 9.59 Å². The van der Waals surface area contributed by atoms with Gasteiger partial charge in [-0.25, -0.2) is 4.68 Å². The number of H-pyrrole nitrogens is 1. The summed E-state index contributed by atoms with van der Waals surface area (Å²) in [5.74, 6) is -0.166. The summed E-state index contributed by atoms with van der Waals surface area (Å²) in [4.78, 5) is 23.8. The van der Waals surface area contributed by atoms with Crippen molar-refractivity contribution in [1.82, 2.24) is 9.78 Å². The molecule has 0 aliphatic heterocycles. The first-order chi connectivity index (χ1) is 10.6. The molecular formula is C17H15N3O2. The molecule has 1 heterocycles. The predicted molar refractivity (Wildman–Crippen MR) is 85.5 cm³/mol. The second-order valence-electron chi connectivity index (χ2n) is 4.98. The first-order valence-corrected chi connectivity index (χ1v) is 6.89. The van der Waals surface area contributed by atoms with Crippen LogP contribution in [-0.2, 0) is 0 Å². The molecule has 0 saturated carbocycles. The van der Waals surface area contributed by atoms with Crippen molar-refractivity contribution >= 4 is 11.6 Å². The number of aromatic amines is 1. The summed E-state index contributed by atoms with van der Waals surface area (Å²) in [6, 6.07) is 17.6. The third-order valence-corrected chi connectivity index (χ3v) is 3.27. The lowest BCUT2D eigenvalue weighted by atomic mass is 10.2. The Morgan fingerprint density at radius 3 is 2.32 bits per heavy atom. The second-order valence-corrected chi connectivity index (χ2v) is 4.98. The third-order valence-electron chi connectivity index (χ3n) is 3.27. The van der Waals surface area contributed by atoms with Crippen LogP contribution in [0.5, 0.6) is 0 Å². The zero-order chi connectivity index (χ0) is 15.5. The molecule has 0 fully saturated rings. The van der Waals surface area contributed by atoms with Gasteiger partial charge in [-0.2, -0.15) is 0 Å². The summed E-state index contributed by atoms with van der Waals surface area (Å²) in [5, 5.41) is 5.78. The maximum atomic E-state index is 12.1. The first kappa shape index (κ1) is 13.9. The summed E-state index contributed by atoms with van der Waals surface area (Å²) in [7, 11) is 0. The Balaban J connectivity index is 1.79. The summed E-state index contributed by atoms with van der Waals surface area (Å²) in [5.41, 5.74) is 2.68. The zero-order valence-electron chi connectivity index (χ0n) is 12.0. The van der Waals surface area contributed by atoms with Crippen LogP contribution in [-0.4, -0.2) is 15.7 Å². The van der Waals surface area contributed by atoms with Gasteiger partial charge in [0.1, 0.15) is 0 Å². The van der Waals surface area contributed by atoms with Gasteiger partial charge in [0.25, 0.3) is 11.5 Å². The number of amides is 1. The topological polar surface area (TPSA) is 66.9 Å². The van der Waals surface area contributed by atoms with E-state index in [-0.39, 0.29) is 11.5 Å². The van der Waals surface area contributed by atoms with E-state index in [0.717, 1.165) is 11.4 Å². The highest BCUT2D eigenvalue weighted by molar-refractivity contribution is 6.04. The summed E-state index contributed by atoms with van der Waals surface area (Å²) in [6.45, 7) is 1.83. The lowest BCUT2D eigenvalue weighted by Crippen LogP contribution is -2.14. The van der Waals surface area contributed by atoms with Crippen molar-refractivity contribution in [3.63, 3.8) is 0 Å². The number of anilines is 1. The zero-order valence-corrected chi connectivity index (χ0v) is 12.0. The summed E-state index contributed by atoms with van der Waals surface area (Å²) < 4.78 is 1.46. The van der Waals surface area contributed by atoms with Crippen molar-refractivity contribution in [3.05, 3.63) is 82.3 Å². The fourth-order valence-corrected chi connectivity index (χ4v) is 2.19. The van der Waals surface area contributed by atoms with Gasteiger partial charge >= 0.3 is 0 Å². The van der Waals surface area contributed by atoms with E-state index in [1.54, 1.807) is 36.4 Å². The van der Waals surface area contributed by atoms with Crippen LogP contribution in [0.1, 0.15) is 16.1 Å². The van der Waals surface area contributed by atoms with E-state index in [1.165, 1.54) is 10.7 Å². The van der Waals surface area contributed by atoms with Gasteiger partial charge in [-0.05, 0) is 43.3 Å². The maximum absolute atomic E-state index is 12.1. The van der Waals surface area contributed by atoms with E-state index in [4.69, 9.17) is 0 Å². The second kappa shape index (κ2) is 5.73. The molecule has 0 aliphatic carbocycles. The van der Waals surface area contributed by atoms with E-state index in [2.05, 4.69) is 10.4 Å². The molecule has 5 heteroatoms. The number of nitrogens with zero attached hydrogens (tertiary/aromatic N) is 1. The molecule has 2 aromatic carbocycles. The highest BCUT2D eigenvalue weighted by Gasteiger charge is 2.06. The molecule has 0 aliphatic rings. The minimum absolute atomic E-state index is 0.112. The number of hydrogen-bond donors (Lipinski definition) is 2. The van der Waals surface area contributed by atoms with Gasteiger partial charge in [-0.3, -0.25) is 14.7 Å². The fourth-order valence-electron chi connectivity index (χ4n) is 2.19. The molecule has 22 heavy (non-hydrogen) atoms. The Morgan fingerprint density at radius 2 is 1.73 bits per heavy atom. The predicted octanol–water partition coefficient (Wildman–Crippen LogP) is 2.73. The molecule has 110 valence electrons. The average Bonchev–Trinajstić information content (AvgIpc) is 2.87. The Bertz CT molecular complexity index is 846. The van der Waals surface area contributed by atoms with Crippen LogP contribution >= 0.6 is 0 Å². The number of aromatic nitrogens is 2. The highest BCUT2D eigenvalue weighted by atomic mass is 16.1. The number of rotatable bonds is 3. The molecule has 0 unspecified atom stereocenters. The standard InChI is InChI=1S/C17H15N3O2/c1-12-11-16(21)20(19-12)15-9-7-14(8-10-15)18-17(22)13-5-3-2-4-6-13/h2-11,19H,1H3,(H,18,22). The van der Waals surface area contributed by atoms with Crippen LogP contribution in [0.4, 0.5) is 5.69 Å². The molecule has 5 nitrogen and oxygen atoms in total. The molecule has 0 atom stereocenters. The van der Waals surface area contributed by atoms with Crippen LogP contribution in [0.25, 0.3) is 5.69 Å². The fraction of sp³-hybridized carbons (Fsp3) is 0.0588. The molecule has 0 bridgehead atoms. The normalized spacial score (nSPS) is 10.4. The SMILES string of the molecule is Cc1cc(=O)n(-c2ccc(NC(=O)c3ccccc3)cc2)[nH]1. The molecule has 1 amide bonds. The van der Waals surface area contributed by atoms with Gasteiger partial charge in [0, 0.05) is 23.0 Å². The van der Waals surface area contributed by atoms with Crippen LogP contribution < -0.4 is 10.9 Å². The van der Waals surface area contributed by atoms with Crippen molar-refractivity contribution < 1.29 is 4.79 Å². The highest BCUT2D eigenvalue weighted by Crippen LogP contribution is 2.13. The van der Waals surface area contributed by atoms with E-state index in [1.807, 2.05) is 25.1 Å². The number of aryl methyl sites for hydroxylation is 1. The Hall–Kier alpha value is -3.08. The molecule has 0 spiro atoms. The lowest BCUT2D eigenvalue weighted by Gasteiger charge is -2.07. The molecule has 2 N–H and O–H groups in total. The molecule has 3 rings (SSSR count). The van der Waals surface area contributed by atoms with Crippen molar-refractivity contribution in [3.8, 4) is 5.69 Å². The number of hydrogen-bond acceptors (Lipinski definition) is 2. The lowest BCUT2D eigenvalue weighted by molar-refractivity contribution is 0.102. The largest absolute Gasteiger partial charge is 0.322 e. The molecule has 0 radical (unpaired) electrons. The number of benzene rings is 2. The number of carbonyl (C=O) groups is 1. The van der Waals surface area contributed by atoms with E-state index in [0.29, 0.717) is 11.3 Å². The van der Waals surface area contributed by atoms with Gasteiger partial charge < -0.3 is 5.32 Å². The molecule has 0 saturated heterocycles. The molecule has 3 aromatic rings. The smallest absolute Gasteiger partial charge is 0.271 e. The average molecular weight is 293 g/mol. The van der Waals surface area contributed by atoms with Crippen molar-refractivity contribution in [2.45, 2.75) is 6.92 Å². The van der Waals surface area contributed by atoms with Gasteiger partial charge in [0.15, 0.2) is 0 Å². The minimum Gasteiger partial charge on any atom is -0.322 e. The van der Waals surface area contributed by atoms with Crippen molar-refractivity contribution in [1.29, 1.82) is 0 Å². The Kier molecular flexibility index (Phi) is 3.62. The Morgan fingerprint density at radius 1 is 1.05 bits per heavy atom.